The van der Waals surface area contributed by atoms with E-state index in [1.807, 2.05) is 6.07 Å². The van der Waals surface area contributed by atoms with E-state index in [1.165, 1.54) is 28.7 Å². The van der Waals surface area contributed by atoms with Crippen molar-refractivity contribution in [3.05, 3.63) is 35.4 Å². The first-order valence-corrected chi connectivity index (χ1v) is 6.17. The molecule has 1 atom stereocenters. The van der Waals surface area contributed by atoms with Gasteiger partial charge in [0.15, 0.2) is 0 Å². The van der Waals surface area contributed by atoms with Crippen LogP contribution in [0.1, 0.15) is 31.4 Å². The van der Waals surface area contributed by atoms with E-state index in [0.717, 1.165) is 18.4 Å². The molecule has 0 aliphatic rings. The topological polar surface area (TPSA) is 0 Å². The van der Waals surface area contributed by atoms with Gasteiger partial charge in [-0.3, -0.25) is 0 Å². The normalized spacial score (nSPS) is 13.9. The maximum Gasteiger partial charge on any atom is 0.321 e. The van der Waals surface area contributed by atoms with Crippen LogP contribution in [-0.4, -0.2) is 0 Å². The third-order valence-corrected chi connectivity index (χ3v) is 3.16. The Morgan fingerprint density at radius 3 is 2.60 bits per heavy atom. The molecule has 84 valence electrons. The van der Waals surface area contributed by atoms with Crippen molar-refractivity contribution in [3.8, 4) is 0 Å². The Hall–Kier alpha value is -0.190. The van der Waals surface area contributed by atoms with Gasteiger partial charge in [0.25, 0.3) is 0 Å². The molecule has 1 aromatic rings. The molecule has 0 saturated carbocycles. The number of benzene rings is 1. The fourth-order valence-electron chi connectivity index (χ4n) is 1.42. The predicted octanol–water partition coefficient (Wildman–Crippen LogP) is 4.76. The molecule has 15 heavy (non-hydrogen) atoms. The van der Waals surface area contributed by atoms with Gasteiger partial charge in [-0.1, -0.05) is 38.5 Å². The van der Waals surface area contributed by atoms with Gasteiger partial charge in [0.05, 0.1) is 0 Å². The summed E-state index contributed by atoms with van der Waals surface area (Å²) in [5, 5.41) is 0. The summed E-state index contributed by atoms with van der Waals surface area (Å²) in [6, 6.07) is 6.71. The molecule has 0 nitrogen and oxygen atoms in total. The highest BCUT2D eigenvalue weighted by Gasteiger charge is 2.26. The van der Waals surface area contributed by atoms with Gasteiger partial charge in [-0.05, 0) is 24.0 Å². The van der Waals surface area contributed by atoms with Crippen LogP contribution in [0.25, 0.3) is 0 Å². The zero-order chi connectivity index (χ0) is 11.5. The fourth-order valence-corrected chi connectivity index (χ4v) is 1.76. The molecule has 0 spiro atoms. The average molecular weight is 324 g/mol. The Balaban J connectivity index is 2.84. The highest BCUT2D eigenvalue weighted by molar-refractivity contribution is 14.1. The van der Waals surface area contributed by atoms with Crippen LogP contribution in [0.2, 0.25) is 0 Å². The van der Waals surface area contributed by atoms with Crippen LogP contribution in [0.4, 0.5) is 8.78 Å². The number of alkyl halides is 3. The number of hydrogen-bond donors (Lipinski definition) is 0. The SMILES string of the molecule is CC[C@@H](C)Cc1cccc(C(F)(F)I)c1. The quantitative estimate of drug-likeness (QED) is 0.553. The fraction of sp³-hybridized carbons (Fsp3) is 0.500. The van der Waals surface area contributed by atoms with Gasteiger partial charge >= 0.3 is 3.93 Å². The summed E-state index contributed by atoms with van der Waals surface area (Å²) < 4.78 is 23.3. The first-order valence-electron chi connectivity index (χ1n) is 5.09. The lowest BCUT2D eigenvalue weighted by Crippen LogP contribution is -2.04. The third kappa shape index (κ3) is 4.05. The molecule has 0 saturated heterocycles. The molecule has 0 unspecified atom stereocenters. The van der Waals surface area contributed by atoms with E-state index < -0.39 is 3.93 Å². The van der Waals surface area contributed by atoms with E-state index >= 15 is 0 Å². The molecule has 1 aromatic carbocycles. The number of hydrogen-bond acceptors (Lipinski definition) is 0. The van der Waals surface area contributed by atoms with Crippen molar-refractivity contribution in [1.82, 2.24) is 0 Å². The first-order chi connectivity index (χ1) is 6.93. The van der Waals surface area contributed by atoms with Gasteiger partial charge in [0, 0.05) is 28.2 Å². The smallest absolute Gasteiger partial charge is 0.189 e. The lowest BCUT2D eigenvalue weighted by molar-refractivity contribution is 0.127. The van der Waals surface area contributed by atoms with E-state index in [2.05, 4.69) is 13.8 Å². The minimum atomic E-state index is -2.76. The molecule has 0 fully saturated rings. The molecule has 0 aliphatic carbocycles. The second kappa shape index (κ2) is 5.23. The maximum absolute atomic E-state index is 13.0. The molecule has 0 heterocycles. The molecule has 1 rings (SSSR count). The Labute approximate surface area is 103 Å². The highest BCUT2D eigenvalue weighted by atomic mass is 127. The molecule has 0 N–H and O–H groups in total. The predicted molar refractivity (Wildman–Crippen MR) is 67.5 cm³/mol. The van der Waals surface area contributed by atoms with Crippen molar-refractivity contribution in [2.75, 3.05) is 0 Å². The Kier molecular flexibility index (Phi) is 4.49. The Bertz CT molecular complexity index is 318. The van der Waals surface area contributed by atoms with Gasteiger partial charge in [-0.2, -0.15) is 8.78 Å². The van der Waals surface area contributed by atoms with Crippen molar-refractivity contribution in [2.24, 2.45) is 5.92 Å². The van der Waals surface area contributed by atoms with Gasteiger partial charge in [-0.25, -0.2) is 0 Å². The van der Waals surface area contributed by atoms with Gasteiger partial charge in [0.1, 0.15) is 0 Å². The van der Waals surface area contributed by atoms with Crippen LogP contribution >= 0.6 is 22.6 Å². The standard InChI is InChI=1S/C12H15F2I/c1-3-9(2)7-10-5-4-6-11(8-10)12(13,14)15/h4-6,8-9H,3,7H2,1-2H3/t9-/m1/s1. The second-order valence-electron chi connectivity index (χ2n) is 3.92. The molecular weight excluding hydrogens is 309 g/mol. The van der Waals surface area contributed by atoms with Crippen molar-refractivity contribution in [2.45, 2.75) is 30.6 Å². The summed E-state index contributed by atoms with van der Waals surface area (Å²) >= 11 is 1.17. The lowest BCUT2D eigenvalue weighted by atomic mass is 9.98. The van der Waals surface area contributed by atoms with Gasteiger partial charge in [-0.15, -0.1) is 0 Å². The van der Waals surface area contributed by atoms with Crippen molar-refractivity contribution in [3.63, 3.8) is 0 Å². The minimum absolute atomic E-state index is 0.101. The maximum atomic E-state index is 13.0. The number of halogens is 3. The molecule has 3 heteroatoms. The summed E-state index contributed by atoms with van der Waals surface area (Å²) in [7, 11) is 0. The second-order valence-corrected chi connectivity index (χ2v) is 5.27. The summed E-state index contributed by atoms with van der Waals surface area (Å²) in [5.74, 6) is 0.545. The first kappa shape index (κ1) is 12.9. The summed E-state index contributed by atoms with van der Waals surface area (Å²) in [6.07, 6.45) is 1.95. The largest absolute Gasteiger partial charge is 0.321 e. The van der Waals surface area contributed by atoms with Crippen molar-refractivity contribution in [1.29, 1.82) is 0 Å². The van der Waals surface area contributed by atoms with Gasteiger partial charge < -0.3 is 0 Å². The number of rotatable bonds is 4. The summed E-state index contributed by atoms with van der Waals surface area (Å²) in [4.78, 5) is 0. The van der Waals surface area contributed by atoms with E-state index in [9.17, 15) is 8.78 Å². The minimum Gasteiger partial charge on any atom is -0.189 e. The van der Waals surface area contributed by atoms with Crippen LogP contribution in [0.15, 0.2) is 24.3 Å². The van der Waals surface area contributed by atoms with Crippen LogP contribution in [0, 0.1) is 5.92 Å². The third-order valence-electron chi connectivity index (χ3n) is 2.54. The average Bonchev–Trinajstić information content (AvgIpc) is 2.17. The molecule has 0 aromatic heterocycles. The van der Waals surface area contributed by atoms with Crippen LogP contribution < -0.4 is 0 Å². The molecule has 0 bridgehead atoms. The van der Waals surface area contributed by atoms with E-state index in [0.29, 0.717) is 5.92 Å². The van der Waals surface area contributed by atoms with Crippen molar-refractivity contribution < 1.29 is 8.78 Å². The van der Waals surface area contributed by atoms with Gasteiger partial charge in [0.2, 0.25) is 0 Å². The molecule has 0 aliphatic heterocycles. The van der Waals surface area contributed by atoms with Crippen molar-refractivity contribution >= 4 is 22.6 Å². The van der Waals surface area contributed by atoms with E-state index in [4.69, 9.17) is 0 Å². The zero-order valence-corrected chi connectivity index (χ0v) is 11.1. The summed E-state index contributed by atoms with van der Waals surface area (Å²) in [6.45, 7) is 4.25. The zero-order valence-electron chi connectivity index (χ0n) is 8.93. The molecule has 0 radical (unpaired) electrons. The van der Waals surface area contributed by atoms with E-state index in [1.54, 1.807) is 12.1 Å². The van der Waals surface area contributed by atoms with Crippen LogP contribution in [-0.2, 0) is 10.4 Å². The highest BCUT2D eigenvalue weighted by Crippen LogP contribution is 2.35. The van der Waals surface area contributed by atoms with Crippen LogP contribution in [0.3, 0.4) is 0 Å². The van der Waals surface area contributed by atoms with E-state index in [-0.39, 0.29) is 5.56 Å². The molecule has 0 amide bonds. The Morgan fingerprint density at radius 2 is 2.07 bits per heavy atom. The lowest BCUT2D eigenvalue weighted by Gasteiger charge is -2.12. The molecular formula is C12H15F2I. The summed E-state index contributed by atoms with van der Waals surface area (Å²) in [5.41, 5.74) is 1.10. The van der Waals surface area contributed by atoms with Crippen LogP contribution in [0.5, 0.6) is 0 Å². The monoisotopic (exact) mass is 324 g/mol. The Morgan fingerprint density at radius 1 is 1.40 bits per heavy atom.